The van der Waals surface area contributed by atoms with Crippen molar-refractivity contribution in [2.45, 2.75) is 37.4 Å². The van der Waals surface area contributed by atoms with E-state index in [1.807, 2.05) is 18.2 Å². The maximum atomic E-state index is 9.26. The molecule has 0 aliphatic carbocycles. The summed E-state index contributed by atoms with van der Waals surface area (Å²) in [6.07, 6.45) is 2.63. The average Bonchev–Trinajstić information content (AvgIpc) is 3.16. The predicted molar refractivity (Wildman–Crippen MR) is 109 cm³/mol. The number of piperidine rings is 3. The molecule has 2 aromatic rings. The van der Waals surface area contributed by atoms with Crippen LogP contribution in [-0.2, 0) is 6.54 Å². The van der Waals surface area contributed by atoms with Crippen molar-refractivity contribution in [3.63, 3.8) is 0 Å². The van der Waals surface area contributed by atoms with Crippen LogP contribution in [0.25, 0.3) is 0 Å². The van der Waals surface area contributed by atoms with Gasteiger partial charge in [0.05, 0.1) is 18.7 Å². The number of hydrogen-bond acceptors (Lipinski definition) is 4. The minimum absolute atomic E-state index is 0.475. The Balaban J connectivity index is 1.49. The molecule has 4 nitrogen and oxygen atoms in total. The molecule has 4 heterocycles. The highest BCUT2D eigenvalue weighted by molar-refractivity contribution is 5.40. The first-order valence-corrected chi connectivity index (χ1v) is 10.4. The van der Waals surface area contributed by atoms with Gasteiger partial charge in [-0.2, -0.15) is 5.26 Å². The Morgan fingerprint density at radius 1 is 1.07 bits per heavy atom. The Bertz CT molecular complexity index is 897. The monoisotopic (exact) mass is 373 g/mol. The summed E-state index contributed by atoms with van der Waals surface area (Å²) in [5.74, 6) is 2.28. The van der Waals surface area contributed by atoms with Crippen LogP contribution in [0, 0.1) is 17.2 Å². The first kappa shape index (κ1) is 17.7. The van der Waals surface area contributed by atoms with Gasteiger partial charge in [0.2, 0.25) is 0 Å². The van der Waals surface area contributed by atoms with Crippen molar-refractivity contribution in [3.05, 3.63) is 65.2 Å². The second kappa shape index (κ2) is 7.24. The molecule has 4 fully saturated rings. The van der Waals surface area contributed by atoms with Gasteiger partial charge in [-0.05, 0) is 55.6 Å². The van der Waals surface area contributed by atoms with Gasteiger partial charge in [-0.1, -0.05) is 30.3 Å². The molecule has 4 aliphatic rings. The molecule has 28 heavy (non-hydrogen) atoms. The summed E-state index contributed by atoms with van der Waals surface area (Å²) in [7, 11) is 1.78. The van der Waals surface area contributed by atoms with E-state index in [9.17, 15) is 5.26 Å². The molecule has 0 unspecified atom stereocenters. The Morgan fingerprint density at radius 2 is 1.89 bits per heavy atom. The second-order valence-electron chi connectivity index (χ2n) is 8.44. The number of nitriles is 1. The maximum absolute atomic E-state index is 9.26. The first-order chi connectivity index (χ1) is 13.8. The Labute approximate surface area is 167 Å². The molecule has 3 atom stereocenters. The normalized spacial score (nSPS) is 31.4. The van der Waals surface area contributed by atoms with Crippen LogP contribution >= 0.6 is 0 Å². The van der Waals surface area contributed by atoms with Gasteiger partial charge in [-0.15, -0.1) is 0 Å². The highest BCUT2D eigenvalue weighted by Crippen LogP contribution is 2.48. The Hall–Kier alpha value is -2.35. The molecule has 0 saturated carbocycles. The molecule has 0 N–H and O–H groups in total. The molecule has 0 amide bonds. The van der Waals surface area contributed by atoms with Crippen molar-refractivity contribution in [1.82, 2.24) is 9.80 Å². The van der Waals surface area contributed by atoms with Crippen LogP contribution in [0.2, 0.25) is 0 Å². The van der Waals surface area contributed by atoms with Crippen molar-refractivity contribution in [1.29, 1.82) is 5.26 Å². The third kappa shape index (κ3) is 2.90. The summed E-state index contributed by atoms with van der Waals surface area (Å²) in [6, 6.07) is 20.1. The number of fused-ring (bicyclic) bond motifs is 2. The molecule has 0 aromatic heterocycles. The fourth-order valence-electron chi connectivity index (χ4n) is 5.94. The molecule has 4 saturated heterocycles. The number of methoxy groups -OCH3 is 1. The van der Waals surface area contributed by atoms with Crippen LogP contribution in [-0.4, -0.2) is 48.6 Å². The summed E-state index contributed by atoms with van der Waals surface area (Å²) in [5.41, 5.74) is 3.35. The number of hydrogen-bond donors (Lipinski definition) is 0. The number of likely N-dealkylation sites (tertiary alicyclic amines) is 1. The lowest BCUT2D eigenvalue weighted by Gasteiger charge is -2.51. The lowest BCUT2D eigenvalue weighted by molar-refractivity contribution is -0.00879. The highest BCUT2D eigenvalue weighted by atomic mass is 16.5. The summed E-state index contributed by atoms with van der Waals surface area (Å²) in [5, 5.41) is 9.26. The van der Waals surface area contributed by atoms with E-state index >= 15 is 0 Å². The molecule has 0 spiro atoms. The second-order valence-corrected chi connectivity index (χ2v) is 8.44. The van der Waals surface area contributed by atoms with Crippen molar-refractivity contribution >= 4 is 0 Å². The summed E-state index contributed by atoms with van der Waals surface area (Å²) in [4.78, 5) is 5.42. The van der Waals surface area contributed by atoms with E-state index in [4.69, 9.17) is 4.74 Å². The van der Waals surface area contributed by atoms with E-state index in [0.717, 1.165) is 30.3 Å². The van der Waals surface area contributed by atoms with Gasteiger partial charge in [-0.3, -0.25) is 9.80 Å². The standard InChI is InChI=1S/C24H27N3O/c1-28-22-8-3-2-7-20(22)21-16-27(15-18-6-4-5-17(13-18)14-25)23-19-9-11-26(12-10-19)24(21)23/h2-8,13,19,21,23-24H,9-12,15-16H2,1H3/t21-,23-,24-/m0/s1. The molecule has 144 valence electrons. The zero-order valence-electron chi connectivity index (χ0n) is 16.4. The molecule has 6 rings (SSSR count). The van der Waals surface area contributed by atoms with Gasteiger partial charge in [0.1, 0.15) is 5.75 Å². The zero-order chi connectivity index (χ0) is 19.1. The summed E-state index contributed by atoms with van der Waals surface area (Å²) in [6.45, 7) is 4.44. The van der Waals surface area contributed by atoms with E-state index < -0.39 is 0 Å². The number of benzene rings is 2. The number of rotatable bonds is 4. The smallest absolute Gasteiger partial charge is 0.122 e. The highest BCUT2D eigenvalue weighted by Gasteiger charge is 2.53. The SMILES string of the molecule is COc1ccccc1[C@@H]1CN(Cc2cccc(C#N)c2)[C@H]2C3CCN(CC3)[C@@H]12. The van der Waals surface area contributed by atoms with Crippen LogP contribution < -0.4 is 4.74 Å². The fourth-order valence-corrected chi connectivity index (χ4v) is 5.94. The lowest BCUT2D eigenvalue weighted by atomic mass is 9.75. The van der Waals surface area contributed by atoms with Crippen LogP contribution in [0.1, 0.15) is 35.4 Å². The van der Waals surface area contributed by atoms with Crippen LogP contribution in [0.3, 0.4) is 0 Å². The van der Waals surface area contributed by atoms with Crippen molar-refractivity contribution in [2.75, 3.05) is 26.7 Å². The third-order valence-corrected chi connectivity index (χ3v) is 7.07. The topological polar surface area (TPSA) is 39.5 Å². The predicted octanol–water partition coefficient (Wildman–Crippen LogP) is 3.63. The molecular formula is C24H27N3O. The Morgan fingerprint density at radius 3 is 2.68 bits per heavy atom. The third-order valence-electron chi connectivity index (χ3n) is 7.07. The number of para-hydroxylation sites is 1. The molecule has 2 bridgehead atoms. The minimum Gasteiger partial charge on any atom is -0.496 e. The van der Waals surface area contributed by atoms with Gasteiger partial charge in [0.15, 0.2) is 0 Å². The quantitative estimate of drug-likeness (QED) is 0.820. The molecule has 4 heteroatoms. The lowest BCUT2D eigenvalue weighted by Crippen LogP contribution is -2.60. The van der Waals surface area contributed by atoms with Crippen molar-refractivity contribution in [3.8, 4) is 11.8 Å². The van der Waals surface area contributed by atoms with Crippen LogP contribution in [0.5, 0.6) is 5.75 Å². The van der Waals surface area contributed by atoms with Gasteiger partial charge in [0.25, 0.3) is 0 Å². The van der Waals surface area contributed by atoms with E-state index in [-0.39, 0.29) is 0 Å². The number of ether oxygens (including phenoxy) is 1. The minimum atomic E-state index is 0.475. The van der Waals surface area contributed by atoms with Crippen LogP contribution in [0.4, 0.5) is 0 Å². The fraction of sp³-hybridized carbons (Fsp3) is 0.458. The average molecular weight is 374 g/mol. The molecule has 0 radical (unpaired) electrons. The van der Waals surface area contributed by atoms with Gasteiger partial charge >= 0.3 is 0 Å². The van der Waals surface area contributed by atoms with Crippen molar-refractivity contribution < 1.29 is 4.74 Å². The molecule has 2 aromatic carbocycles. The Kier molecular flexibility index (Phi) is 4.58. The zero-order valence-corrected chi connectivity index (χ0v) is 16.4. The molecular weight excluding hydrogens is 346 g/mol. The largest absolute Gasteiger partial charge is 0.496 e. The van der Waals surface area contributed by atoms with E-state index in [0.29, 0.717) is 18.0 Å². The van der Waals surface area contributed by atoms with Gasteiger partial charge < -0.3 is 4.74 Å². The summed E-state index contributed by atoms with van der Waals surface area (Å²) < 4.78 is 5.73. The first-order valence-electron chi connectivity index (χ1n) is 10.4. The van der Waals surface area contributed by atoms with E-state index in [1.165, 1.54) is 37.1 Å². The van der Waals surface area contributed by atoms with Gasteiger partial charge in [-0.25, -0.2) is 0 Å². The van der Waals surface area contributed by atoms with Gasteiger partial charge in [0, 0.05) is 36.7 Å². The van der Waals surface area contributed by atoms with E-state index in [2.05, 4.69) is 46.2 Å². The van der Waals surface area contributed by atoms with Crippen LogP contribution in [0.15, 0.2) is 48.5 Å². The summed E-state index contributed by atoms with van der Waals surface area (Å²) >= 11 is 0. The molecule has 4 aliphatic heterocycles. The van der Waals surface area contributed by atoms with E-state index in [1.54, 1.807) is 7.11 Å². The number of nitrogens with zero attached hydrogens (tertiary/aromatic N) is 3. The maximum Gasteiger partial charge on any atom is 0.122 e. The van der Waals surface area contributed by atoms with Crippen molar-refractivity contribution in [2.24, 2.45) is 5.92 Å².